The SMILES string of the molecule is CCC(CO)(COC(=O)CCCCCCCCCCCCO)COC(=O)CCCCCCCCCCCCO. The normalized spacial score (nSPS) is 11.6. The topological polar surface area (TPSA) is 113 Å². The molecule has 0 radical (unpaired) electrons. The molecule has 39 heavy (non-hydrogen) atoms. The van der Waals surface area contributed by atoms with E-state index >= 15 is 0 Å². The summed E-state index contributed by atoms with van der Waals surface area (Å²) in [6.45, 7) is 2.46. The molecule has 0 saturated heterocycles. The lowest BCUT2D eigenvalue weighted by Gasteiger charge is -2.29. The van der Waals surface area contributed by atoms with Crippen molar-refractivity contribution < 1.29 is 34.4 Å². The van der Waals surface area contributed by atoms with Crippen LogP contribution in [-0.4, -0.2) is 60.3 Å². The maximum atomic E-state index is 12.2. The van der Waals surface area contributed by atoms with Crippen LogP contribution < -0.4 is 0 Å². The average molecular weight is 559 g/mol. The molecule has 232 valence electrons. The quantitative estimate of drug-likeness (QED) is 0.0641. The second kappa shape index (κ2) is 28.4. The Morgan fingerprint density at radius 2 is 0.769 bits per heavy atom. The molecule has 0 aliphatic carbocycles. The Labute approximate surface area is 239 Å². The highest BCUT2D eigenvalue weighted by molar-refractivity contribution is 5.69. The molecule has 3 N–H and O–H groups in total. The number of carbonyl (C=O) groups excluding carboxylic acids is 2. The van der Waals surface area contributed by atoms with Crippen LogP contribution in [0, 0.1) is 5.41 Å². The number of aliphatic hydroxyl groups excluding tert-OH is 3. The first kappa shape index (κ1) is 37.8. The molecule has 0 rings (SSSR count). The van der Waals surface area contributed by atoms with Crippen LogP contribution in [0.3, 0.4) is 0 Å². The molecule has 0 unspecified atom stereocenters. The fourth-order valence-corrected chi connectivity index (χ4v) is 4.65. The molecule has 0 aliphatic heterocycles. The predicted molar refractivity (Wildman–Crippen MR) is 157 cm³/mol. The molecule has 7 heteroatoms. The van der Waals surface area contributed by atoms with Crippen molar-refractivity contribution in [1.82, 2.24) is 0 Å². The smallest absolute Gasteiger partial charge is 0.305 e. The summed E-state index contributed by atoms with van der Waals surface area (Å²) in [6.07, 6.45) is 23.5. The highest BCUT2D eigenvalue weighted by atomic mass is 16.5. The number of hydrogen-bond acceptors (Lipinski definition) is 7. The van der Waals surface area contributed by atoms with E-state index in [4.69, 9.17) is 19.7 Å². The summed E-state index contributed by atoms with van der Waals surface area (Å²) in [7, 11) is 0. The lowest BCUT2D eigenvalue weighted by atomic mass is 9.88. The number of ether oxygens (including phenoxy) is 2. The van der Waals surface area contributed by atoms with E-state index in [1.165, 1.54) is 64.2 Å². The van der Waals surface area contributed by atoms with E-state index in [2.05, 4.69) is 0 Å². The lowest BCUT2D eigenvalue weighted by molar-refractivity contribution is -0.156. The third-order valence-corrected chi connectivity index (χ3v) is 7.74. The van der Waals surface area contributed by atoms with E-state index < -0.39 is 5.41 Å². The van der Waals surface area contributed by atoms with Gasteiger partial charge in [0.1, 0.15) is 13.2 Å². The van der Waals surface area contributed by atoms with Crippen molar-refractivity contribution in [1.29, 1.82) is 0 Å². The fraction of sp³-hybridized carbons (Fsp3) is 0.938. The first-order valence-corrected chi connectivity index (χ1v) is 16.2. The van der Waals surface area contributed by atoms with Gasteiger partial charge in [0, 0.05) is 26.1 Å². The molecule has 0 atom stereocenters. The second-order valence-corrected chi connectivity index (χ2v) is 11.4. The van der Waals surface area contributed by atoms with Crippen molar-refractivity contribution in [3.63, 3.8) is 0 Å². The third-order valence-electron chi connectivity index (χ3n) is 7.74. The molecule has 0 spiro atoms. The van der Waals surface area contributed by atoms with E-state index in [0.29, 0.717) is 32.5 Å². The lowest BCUT2D eigenvalue weighted by Crippen LogP contribution is -2.37. The summed E-state index contributed by atoms with van der Waals surface area (Å²) in [5.41, 5.74) is -0.736. The van der Waals surface area contributed by atoms with Gasteiger partial charge in [0.15, 0.2) is 0 Å². The van der Waals surface area contributed by atoms with Gasteiger partial charge in [-0.25, -0.2) is 0 Å². The minimum atomic E-state index is -0.736. The second-order valence-electron chi connectivity index (χ2n) is 11.4. The number of esters is 2. The number of rotatable bonds is 30. The number of carbonyl (C=O) groups is 2. The molecule has 0 aromatic rings. The van der Waals surface area contributed by atoms with Crippen LogP contribution in [-0.2, 0) is 19.1 Å². The molecule has 0 heterocycles. The van der Waals surface area contributed by atoms with Gasteiger partial charge in [-0.1, -0.05) is 110 Å². The van der Waals surface area contributed by atoms with Crippen LogP contribution in [0.5, 0.6) is 0 Å². The standard InChI is InChI=1S/C32H62O7/c1-2-32(27-35,28-38-30(36)23-19-15-11-7-3-5-9-13-17-21-25-33)29-39-31(37)24-20-16-12-8-4-6-10-14-18-22-26-34/h33-35H,2-29H2,1H3. The summed E-state index contributed by atoms with van der Waals surface area (Å²) in [5.74, 6) is -0.497. The van der Waals surface area contributed by atoms with Gasteiger partial charge in [0.2, 0.25) is 0 Å². The molecule has 0 aromatic heterocycles. The predicted octanol–water partition coefficient (Wildman–Crippen LogP) is 7.03. The summed E-state index contributed by atoms with van der Waals surface area (Å²) in [6, 6.07) is 0. The monoisotopic (exact) mass is 558 g/mol. The van der Waals surface area contributed by atoms with Crippen molar-refractivity contribution >= 4 is 11.9 Å². The molecule has 0 aromatic carbocycles. The van der Waals surface area contributed by atoms with E-state index in [0.717, 1.165) is 64.2 Å². The van der Waals surface area contributed by atoms with E-state index in [1.807, 2.05) is 6.92 Å². The minimum Gasteiger partial charge on any atom is -0.465 e. The van der Waals surface area contributed by atoms with E-state index in [1.54, 1.807) is 0 Å². The molecule has 0 saturated carbocycles. The number of aliphatic hydroxyl groups is 3. The summed E-state index contributed by atoms with van der Waals surface area (Å²) >= 11 is 0. The van der Waals surface area contributed by atoms with Crippen LogP contribution in [0.25, 0.3) is 0 Å². The van der Waals surface area contributed by atoms with Crippen LogP contribution >= 0.6 is 0 Å². The van der Waals surface area contributed by atoms with Gasteiger partial charge in [-0.15, -0.1) is 0 Å². The zero-order valence-corrected chi connectivity index (χ0v) is 25.3. The fourth-order valence-electron chi connectivity index (χ4n) is 4.65. The van der Waals surface area contributed by atoms with Gasteiger partial charge >= 0.3 is 11.9 Å². The Balaban J connectivity index is 3.84. The van der Waals surface area contributed by atoms with Gasteiger partial charge in [-0.3, -0.25) is 9.59 Å². The average Bonchev–Trinajstić information content (AvgIpc) is 2.95. The Bertz CT molecular complexity index is 505. The van der Waals surface area contributed by atoms with Crippen LogP contribution in [0.2, 0.25) is 0 Å². The number of unbranched alkanes of at least 4 members (excludes halogenated alkanes) is 18. The molecule has 0 fully saturated rings. The molecular formula is C32H62O7. The van der Waals surface area contributed by atoms with Crippen molar-refractivity contribution in [2.24, 2.45) is 5.41 Å². The molecule has 7 nitrogen and oxygen atoms in total. The first-order valence-electron chi connectivity index (χ1n) is 16.2. The maximum Gasteiger partial charge on any atom is 0.305 e. The van der Waals surface area contributed by atoms with Gasteiger partial charge in [-0.05, 0) is 32.1 Å². The van der Waals surface area contributed by atoms with Crippen molar-refractivity contribution in [2.75, 3.05) is 33.0 Å². The van der Waals surface area contributed by atoms with Crippen LogP contribution in [0.15, 0.2) is 0 Å². The van der Waals surface area contributed by atoms with Gasteiger partial charge in [-0.2, -0.15) is 0 Å². The third kappa shape index (κ3) is 24.3. The Hall–Kier alpha value is -1.18. The van der Waals surface area contributed by atoms with E-state index in [9.17, 15) is 14.7 Å². The summed E-state index contributed by atoms with van der Waals surface area (Å²) in [4.78, 5) is 24.4. The molecular weight excluding hydrogens is 496 g/mol. The van der Waals surface area contributed by atoms with Crippen molar-refractivity contribution in [3.05, 3.63) is 0 Å². The Morgan fingerprint density at radius 1 is 0.487 bits per heavy atom. The summed E-state index contributed by atoms with van der Waals surface area (Å²) in [5, 5.41) is 27.5. The highest BCUT2D eigenvalue weighted by Gasteiger charge is 2.31. The zero-order valence-electron chi connectivity index (χ0n) is 25.3. The molecule has 0 amide bonds. The molecule has 0 bridgehead atoms. The summed E-state index contributed by atoms with van der Waals surface area (Å²) < 4.78 is 10.9. The zero-order chi connectivity index (χ0) is 28.9. The van der Waals surface area contributed by atoms with E-state index in [-0.39, 0.29) is 31.8 Å². The van der Waals surface area contributed by atoms with Gasteiger partial charge in [0.05, 0.1) is 12.0 Å². The first-order chi connectivity index (χ1) is 19.0. The maximum absolute atomic E-state index is 12.2. The van der Waals surface area contributed by atoms with Gasteiger partial charge in [0.25, 0.3) is 0 Å². The Kier molecular flexibility index (Phi) is 27.5. The van der Waals surface area contributed by atoms with Gasteiger partial charge < -0.3 is 24.8 Å². The largest absolute Gasteiger partial charge is 0.465 e. The molecule has 0 aliphatic rings. The van der Waals surface area contributed by atoms with Crippen LogP contribution in [0.1, 0.15) is 155 Å². The van der Waals surface area contributed by atoms with Crippen LogP contribution in [0.4, 0.5) is 0 Å². The number of hydrogen-bond donors (Lipinski definition) is 3. The minimum absolute atomic E-state index is 0.0718. The Morgan fingerprint density at radius 3 is 1.03 bits per heavy atom. The van der Waals surface area contributed by atoms with Crippen molar-refractivity contribution in [3.8, 4) is 0 Å². The van der Waals surface area contributed by atoms with Crippen molar-refractivity contribution in [2.45, 2.75) is 155 Å². The highest BCUT2D eigenvalue weighted by Crippen LogP contribution is 2.23.